The molecule has 0 bridgehead atoms. The maximum absolute atomic E-state index is 12.4. The molecule has 0 saturated carbocycles. The van der Waals surface area contributed by atoms with Gasteiger partial charge in [-0.2, -0.15) is 0 Å². The number of carbonyl (C=O) groups excluding carboxylic acids is 3. The first-order chi connectivity index (χ1) is 24.1. The van der Waals surface area contributed by atoms with Gasteiger partial charge in [0.15, 0.2) is 0 Å². The molecule has 0 aliphatic heterocycles. The Balaban J connectivity index is 0.000000287. The van der Waals surface area contributed by atoms with Gasteiger partial charge >= 0.3 is 6.09 Å². The summed E-state index contributed by atoms with van der Waals surface area (Å²) in [6, 6.07) is 24.7. The molecule has 0 fully saturated rings. The molecule has 7 N–H and O–H groups in total. The molecule has 15 heteroatoms. The van der Waals surface area contributed by atoms with Crippen molar-refractivity contribution in [3.05, 3.63) is 107 Å². The fraction of sp³-hybridized carbons (Fsp3) is 0.361. The smallest absolute Gasteiger partial charge is 0.408 e. The number of nitrogens with one attached hydrogen (secondary N) is 3. The van der Waals surface area contributed by atoms with Gasteiger partial charge in [-0.25, -0.2) is 10.6 Å². The van der Waals surface area contributed by atoms with Gasteiger partial charge in [0.05, 0.1) is 32.0 Å². The normalized spacial score (nSPS) is 12.5. The number of ether oxygens (including phenoxy) is 3. The number of nitrogens with two attached hydrogens (primary N) is 2. The zero-order valence-corrected chi connectivity index (χ0v) is 30.1. The third-order valence-electron chi connectivity index (χ3n) is 6.64. The quantitative estimate of drug-likeness (QED) is 0.0691. The van der Waals surface area contributed by atoms with Crippen LogP contribution in [-0.2, 0) is 37.0 Å². The van der Waals surface area contributed by atoms with Crippen LogP contribution in [0.25, 0.3) is 11.5 Å². The summed E-state index contributed by atoms with van der Waals surface area (Å²) >= 11 is 6.03. The van der Waals surface area contributed by atoms with E-state index in [4.69, 9.17) is 41.8 Å². The molecular weight excluding hydrogens is 678 g/mol. The first kappa shape index (κ1) is 40.6. The lowest BCUT2D eigenvalue weighted by Gasteiger charge is -2.22. The van der Waals surface area contributed by atoms with Crippen LogP contribution >= 0.6 is 11.6 Å². The monoisotopic (exact) mass is 723 g/mol. The first-order valence-corrected chi connectivity index (χ1v) is 16.4. The molecule has 4 rings (SSSR count). The predicted octanol–water partition coefficient (Wildman–Crippen LogP) is 4.59. The van der Waals surface area contributed by atoms with Crippen LogP contribution in [0.1, 0.15) is 57.7 Å². The maximum Gasteiger partial charge on any atom is 0.408 e. The van der Waals surface area contributed by atoms with Gasteiger partial charge in [0, 0.05) is 10.6 Å². The van der Waals surface area contributed by atoms with E-state index in [1.54, 1.807) is 52.8 Å². The van der Waals surface area contributed by atoms with Gasteiger partial charge in [0.25, 0.3) is 5.91 Å². The van der Waals surface area contributed by atoms with Crippen LogP contribution in [0.3, 0.4) is 0 Å². The Hall–Kier alpha value is -4.86. The summed E-state index contributed by atoms with van der Waals surface area (Å²) in [6.45, 7) is 9.28. The number of hydrogen-bond donors (Lipinski definition) is 5. The molecule has 0 saturated heterocycles. The van der Waals surface area contributed by atoms with Gasteiger partial charge in [-0.1, -0.05) is 78.3 Å². The number of hydrazine groups is 1. The Bertz CT molecular complexity index is 1680. The van der Waals surface area contributed by atoms with Crippen molar-refractivity contribution in [3.8, 4) is 11.5 Å². The second-order valence-electron chi connectivity index (χ2n) is 12.9. The lowest BCUT2D eigenvalue weighted by atomic mass is 10.1. The second kappa shape index (κ2) is 19.5. The number of benzene rings is 3. The lowest BCUT2D eigenvalue weighted by Crippen LogP contribution is -2.52. The molecule has 3 amide bonds. The predicted molar refractivity (Wildman–Crippen MR) is 192 cm³/mol. The zero-order valence-electron chi connectivity index (χ0n) is 29.4. The number of halogens is 1. The number of hydrogen-bond acceptors (Lipinski definition) is 11. The van der Waals surface area contributed by atoms with Crippen molar-refractivity contribution in [1.82, 2.24) is 26.3 Å². The highest BCUT2D eigenvalue weighted by Crippen LogP contribution is 2.24. The molecule has 1 heterocycles. The van der Waals surface area contributed by atoms with E-state index in [0.29, 0.717) is 29.7 Å². The largest absolute Gasteiger partial charge is 0.444 e. The van der Waals surface area contributed by atoms with Gasteiger partial charge in [-0.05, 0) is 63.9 Å². The van der Waals surface area contributed by atoms with Gasteiger partial charge in [-0.3, -0.25) is 15.0 Å². The first-order valence-electron chi connectivity index (χ1n) is 16.1. The average molecular weight is 724 g/mol. The van der Waals surface area contributed by atoms with Crippen LogP contribution in [0, 0.1) is 0 Å². The van der Waals surface area contributed by atoms with E-state index in [-0.39, 0.29) is 25.0 Å². The number of alkyl carbamates (subject to hydrolysis) is 1. The van der Waals surface area contributed by atoms with Crippen LogP contribution in [0.15, 0.2) is 89.3 Å². The lowest BCUT2D eigenvalue weighted by molar-refractivity contribution is -0.127. The molecule has 0 radical (unpaired) electrons. The standard InChI is InChI=1S/C21H23ClN4O3.C15H23N3O4/c1-21(2,23)20(27)24-17(13-28-12-14-7-4-3-5-8-14)19-26-25-18(29-19)15-9-6-10-16(22)11-15;1-15(2,3)22-14(20)17-12(13(19)18-16)10-21-9-11-7-5-4-6-8-11/h3-11,17H,12-13,23H2,1-2H3,(H,24,27);4-8,12H,9-10,16H2,1-3H3,(H,17,20)(H,18,19)/t17-;12-/m11/s1. The topological polar surface area (TPSA) is 206 Å². The Morgan fingerprint density at radius 3 is 1.94 bits per heavy atom. The highest BCUT2D eigenvalue weighted by atomic mass is 35.5. The van der Waals surface area contributed by atoms with Crippen LogP contribution in [0.5, 0.6) is 0 Å². The zero-order chi connectivity index (χ0) is 37.4. The molecule has 274 valence electrons. The van der Waals surface area contributed by atoms with Crippen molar-refractivity contribution >= 4 is 29.5 Å². The molecule has 0 unspecified atom stereocenters. The summed E-state index contributed by atoms with van der Waals surface area (Å²) in [4.78, 5) is 35.8. The van der Waals surface area contributed by atoms with Crippen molar-refractivity contribution in [2.45, 2.75) is 71.1 Å². The van der Waals surface area contributed by atoms with Crippen LogP contribution < -0.4 is 27.6 Å². The number of nitrogens with zero attached hydrogens (tertiary/aromatic N) is 2. The number of rotatable bonds is 14. The van der Waals surface area contributed by atoms with E-state index in [2.05, 4.69) is 20.8 Å². The molecule has 4 aromatic rings. The summed E-state index contributed by atoms with van der Waals surface area (Å²) in [5, 5.41) is 14.0. The van der Waals surface area contributed by atoms with E-state index in [1.165, 1.54) is 0 Å². The third-order valence-corrected chi connectivity index (χ3v) is 6.88. The summed E-state index contributed by atoms with van der Waals surface area (Å²) in [7, 11) is 0. The van der Waals surface area contributed by atoms with Crippen molar-refractivity contribution in [1.29, 1.82) is 0 Å². The highest BCUT2D eigenvalue weighted by molar-refractivity contribution is 6.30. The molecular formula is C36H46ClN7O7. The Kier molecular flexibility index (Phi) is 15.5. The minimum Gasteiger partial charge on any atom is -0.444 e. The minimum atomic E-state index is -1.06. The van der Waals surface area contributed by atoms with E-state index >= 15 is 0 Å². The molecule has 2 atom stereocenters. The maximum atomic E-state index is 12.4. The molecule has 0 aliphatic rings. The molecule has 14 nitrogen and oxygen atoms in total. The second-order valence-corrected chi connectivity index (χ2v) is 13.3. The van der Waals surface area contributed by atoms with Gasteiger partial charge in [-0.15, -0.1) is 10.2 Å². The average Bonchev–Trinajstić information content (AvgIpc) is 3.57. The summed E-state index contributed by atoms with van der Waals surface area (Å²) in [5.41, 5.74) is 8.85. The van der Waals surface area contributed by atoms with E-state index < -0.39 is 35.2 Å². The summed E-state index contributed by atoms with van der Waals surface area (Å²) in [5.74, 6) is 4.73. The van der Waals surface area contributed by atoms with Gasteiger partial charge < -0.3 is 35.0 Å². The third kappa shape index (κ3) is 14.9. The van der Waals surface area contributed by atoms with E-state index in [0.717, 1.165) is 11.1 Å². The van der Waals surface area contributed by atoms with Crippen molar-refractivity contribution < 1.29 is 33.0 Å². The summed E-state index contributed by atoms with van der Waals surface area (Å²) < 4.78 is 22.1. The molecule has 0 spiro atoms. The van der Waals surface area contributed by atoms with Crippen LogP contribution in [0.2, 0.25) is 5.02 Å². The number of aromatic nitrogens is 2. The molecule has 3 aromatic carbocycles. The van der Waals surface area contributed by atoms with Crippen LogP contribution in [0.4, 0.5) is 4.79 Å². The molecule has 0 aliphatic carbocycles. The van der Waals surface area contributed by atoms with Crippen molar-refractivity contribution in [3.63, 3.8) is 0 Å². The van der Waals surface area contributed by atoms with E-state index in [9.17, 15) is 14.4 Å². The number of amides is 3. The van der Waals surface area contributed by atoms with Crippen molar-refractivity contribution in [2.24, 2.45) is 11.6 Å². The minimum absolute atomic E-state index is 0.0167. The van der Waals surface area contributed by atoms with E-state index in [1.807, 2.05) is 72.2 Å². The number of carbonyl (C=O) groups is 3. The molecule has 1 aromatic heterocycles. The van der Waals surface area contributed by atoms with Gasteiger partial charge in [0.1, 0.15) is 17.7 Å². The fourth-order valence-corrected chi connectivity index (χ4v) is 4.29. The van der Waals surface area contributed by atoms with Crippen LogP contribution in [-0.4, -0.2) is 58.5 Å². The Labute approximate surface area is 302 Å². The Morgan fingerprint density at radius 2 is 1.41 bits per heavy atom. The Morgan fingerprint density at radius 1 is 0.824 bits per heavy atom. The van der Waals surface area contributed by atoms with Gasteiger partial charge in [0.2, 0.25) is 17.7 Å². The summed E-state index contributed by atoms with van der Waals surface area (Å²) in [6.07, 6.45) is -0.704. The molecule has 51 heavy (non-hydrogen) atoms. The SMILES string of the molecule is CC(C)(C)OC(=O)N[C@H](COCc1ccccc1)C(=O)NN.CC(C)(N)C(=O)N[C@H](COCc1ccccc1)c1nnc(-c2cccc(Cl)c2)o1. The highest BCUT2D eigenvalue weighted by Gasteiger charge is 2.29. The van der Waals surface area contributed by atoms with Crippen molar-refractivity contribution in [2.75, 3.05) is 13.2 Å². The fourth-order valence-electron chi connectivity index (χ4n) is 4.10.